The Kier molecular flexibility index (Phi) is 5.89. The van der Waals surface area contributed by atoms with Crippen molar-refractivity contribution in [1.82, 2.24) is 30.3 Å². The number of carbonyl (C=O) groups is 1. The Hall–Kier alpha value is -3.87. The van der Waals surface area contributed by atoms with Crippen molar-refractivity contribution in [3.8, 4) is 16.9 Å². The Morgan fingerprint density at radius 1 is 0.967 bits per heavy atom. The van der Waals surface area contributed by atoms with Crippen LogP contribution in [0.3, 0.4) is 0 Å². The van der Waals surface area contributed by atoms with E-state index in [4.69, 9.17) is 0 Å². The highest BCUT2D eigenvalue weighted by Gasteiger charge is 2.22. The van der Waals surface area contributed by atoms with E-state index in [1.54, 1.807) is 29.5 Å². The molecule has 1 amide bonds. The van der Waals surface area contributed by atoms with Crippen molar-refractivity contribution >= 4 is 5.91 Å². The van der Waals surface area contributed by atoms with Crippen LogP contribution in [0.15, 0.2) is 73.3 Å². The van der Waals surface area contributed by atoms with Gasteiger partial charge >= 0.3 is 0 Å². The molecule has 0 saturated carbocycles. The molecule has 30 heavy (non-hydrogen) atoms. The molecule has 1 aromatic carbocycles. The Balaban J connectivity index is 1.62. The van der Waals surface area contributed by atoms with Crippen LogP contribution in [0, 0.1) is 0 Å². The molecule has 0 saturated heterocycles. The molecular formula is C23H22N6O. The SMILES string of the molecule is CCc1ccc(-n2nnc(C(=O)NCCc3cccnc3)c2-c2ccncc2)cc1. The molecule has 3 heterocycles. The predicted molar refractivity (Wildman–Crippen MR) is 114 cm³/mol. The minimum Gasteiger partial charge on any atom is -0.350 e. The van der Waals surface area contributed by atoms with E-state index >= 15 is 0 Å². The van der Waals surface area contributed by atoms with Gasteiger partial charge < -0.3 is 5.32 Å². The molecule has 3 aromatic heterocycles. The van der Waals surface area contributed by atoms with Crippen LogP contribution < -0.4 is 5.32 Å². The van der Waals surface area contributed by atoms with Gasteiger partial charge in [-0.15, -0.1) is 5.10 Å². The fraction of sp³-hybridized carbons (Fsp3) is 0.174. The number of aromatic nitrogens is 5. The van der Waals surface area contributed by atoms with Crippen LogP contribution in [0.25, 0.3) is 16.9 Å². The topological polar surface area (TPSA) is 85.6 Å². The second-order valence-corrected chi connectivity index (χ2v) is 6.82. The quantitative estimate of drug-likeness (QED) is 0.516. The Morgan fingerprint density at radius 3 is 2.47 bits per heavy atom. The van der Waals surface area contributed by atoms with Crippen LogP contribution in [-0.2, 0) is 12.8 Å². The highest BCUT2D eigenvalue weighted by Crippen LogP contribution is 2.25. The zero-order valence-corrected chi connectivity index (χ0v) is 16.7. The summed E-state index contributed by atoms with van der Waals surface area (Å²) in [6.07, 6.45) is 8.56. The molecule has 0 aliphatic carbocycles. The summed E-state index contributed by atoms with van der Waals surface area (Å²) in [7, 11) is 0. The van der Waals surface area contributed by atoms with Crippen molar-refractivity contribution in [3.05, 3.63) is 90.1 Å². The number of hydrogen-bond donors (Lipinski definition) is 1. The van der Waals surface area contributed by atoms with Gasteiger partial charge in [-0.3, -0.25) is 14.8 Å². The molecule has 0 unspecified atom stereocenters. The molecular weight excluding hydrogens is 376 g/mol. The van der Waals surface area contributed by atoms with Crippen molar-refractivity contribution in [2.24, 2.45) is 0 Å². The van der Waals surface area contributed by atoms with Gasteiger partial charge in [0.05, 0.1) is 5.69 Å². The van der Waals surface area contributed by atoms with Crippen LogP contribution in [0.5, 0.6) is 0 Å². The van der Waals surface area contributed by atoms with E-state index in [9.17, 15) is 4.79 Å². The lowest BCUT2D eigenvalue weighted by Crippen LogP contribution is -2.26. The minimum absolute atomic E-state index is 0.262. The summed E-state index contributed by atoms with van der Waals surface area (Å²) in [6.45, 7) is 2.60. The van der Waals surface area contributed by atoms with E-state index in [0.717, 1.165) is 23.2 Å². The summed E-state index contributed by atoms with van der Waals surface area (Å²) in [5, 5.41) is 11.4. The summed E-state index contributed by atoms with van der Waals surface area (Å²) in [5.41, 5.74) is 4.89. The monoisotopic (exact) mass is 398 g/mol. The summed E-state index contributed by atoms with van der Waals surface area (Å²) < 4.78 is 1.70. The second kappa shape index (κ2) is 9.09. The Bertz CT molecular complexity index is 1110. The number of rotatable bonds is 7. The van der Waals surface area contributed by atoms with Crippen molar-refractivity contribution in [2.75, 3.05) is 6.54 Å². The van der Waals surface area contributed by atoms with Crippen LogP contribution in [0.2, 0.25) is 0 Å². The zero-order chi connectivity index (χ0) is 20.8. The molecule has 0 fully saturated rings. The third-order valence-corrected chi connectivity index (χ3v) is 4.85. The first-order valence-electron chi connectivity index (χ1n) is 9.88. The van der Waals surface area contributed by atoms with Crippen LogP contribution in [-0.4, -0.2) is 37.4 Å². The molecule has 4 aromatic rings. The van der Waals surface area contributed by atoms with Gasteiger partial charge in [0, 0.05) is 36.9 Å². The molecule has 4 rings (SSSR count). The normalized spacial score (nSPS) is 10.7. The van der Waals surface area contributed by atoms with E-state index in [-0.39, 0.29) is 11.6 Å². The lowest BCUT2D eigenvalue weighted by molar-refractivity contribution is 0.0949. The van der Waals surface area contributed by atoms with Gasteiger partial charge in [-0.25, -0.2) is 4.68 Å². The largest absolute Gasteiger partial charge is 0.350 e. The summed E-state index contributed by atoms with van der Waals surface area (Å²) >= 11 is 0. The van der Waals surface area contributed by atoms with Crippen LogP contribution in [0.4, 0.5) is 0 Å². The summed E-state index contributed by atoms with van der Waals surface area (Å²) in [6, 6.07) is 15.7. The van der Waals surface area contributed by atoms with Gasteiger partial charge in [-0.2, -0.15) is 0 Å². The number of aryl methyl sites for hydroxylation is 1. The number of carbonyl (C=O) groups excluding carboxylic acids is 1. The fourth-order valence-corrected chi connectivity index (χ4v) is 3.21. The second-order valence-electron chi connectivity index (χ2n) is 6.82. The van der Waals surface area contributed by atoms with E-state index in [0.29, 0.717) is 18.7 Å². The zero-order valence-electron chi connectivity index (χ0n) is 16.7. The molecule has 150 valence electrons. The summed E-state index contributed by atoms with van der Waals surface area (Å²) in [5.74, 6) is -0.262. The first kappa shape index (κ1) is 19.4. The van der Waals surface area contributed by atoms with E-state index < -0.39 is 0 Å². The smallest absolute Gasteiger partial charge is 0.274 e. The standard InChI is InChI=1S/C23H22N6O/c1-2-17-5-7-20(8-6-17)29-22(19-10-13-24-14-11-19)21(27-28-29)23(30)26-15-9-18-4-3-12-25-16-18/h3-8,10-14,16H,2,9,15H2,1H3,(H,26,30). The van der Waals surface area contributed by atoms with Crippen molar-refractivity contribution in [3.63, 3.8) is 0 Å². The third-order valence-electron chi connectivity index (χ3n) is 4.85. The van der Waals surface area contributed by atoms with Crippen LogP contribution in [0.1, 0.15) is 28.5 Å². The number of pyridine rings is 2. The van der Waals surface area contributed by atoms with Crippen LogP contribution >= 0.6 is 0 Å². The van der Waals surface area contributed by atoms with E-state index in [1.165, 1.54) is 5.56 Å². The molecule has 7 nitrogen and oxygen atoms in total. The lowest BCUT2D eigenvalue weighted by Gasteiger charge is -2.09. The molecule has 0 atom stereocenters. The maximum absolute atomic E-state index is 12.9. The van der Waals surface area contributed by atoms with Gasteiger partial charge in [-0.05, 0) is 54.3 Å². The number of nitrogens with one attached hydrogen (secondary N) is 1. The van der Waals surface area contributed by atoms with Crippen molar-refractivity contribution in [2.45, 2.75) is 19.8 Å². The molecule has 0 radical (unpaired) electrons. The summed E-state index contributed by atoms with van der Waals surface area (Å²) in [4.78, 5) is 21.1. The maximum Gasteiger partial charge on any atom is 0.274 e. The molecule has 0 aliphatic rings. The average molecular weight is 398 g/mol. The first-order valence-corrected chi connectivity index (χ1v) is 9.88. The molecule has 0 aliphatic heterocycles. The van der Waals surface area contributed by atoms with E-state index in [1.807, 2.05) is 36.4 Å². The highest BCUT2D eigenvalue weighted by molar-refractivity contribution is 5.98. The van der Waals surface area contributed by atoms with E-state index in [2.05, 4.69) is 44.7 Å². The van der Waals surface area contributed by atoms with Gasteiger partial charge in [0.25, 0.3) is 5.91 Å². The average Bonchev–Trinajstić information content (AvgIpc) is 3.26. The molecule has 0 bridgehead atoms. The predicted octanol–water partition coefficient (Wildman–Crippen LogP) is 3.26. The Labute approximate surface area is 174 Å². The number of hydrogen-bond acceptors (Lipinski definition) is 5. The van der Waals surface area contributed by atoms with Crippen molar-refractivity contribution in [1.29, 1.82) is 0 Å². The number of amides is 1. The van der Waals surface area contributed by atoms with Crippen molar-refractivity contribution < 1.29 is 4.79 Å². The van der Waals surface area contributed by atoms with Gasteiger partial charge in [0.2, 0.25) is 0 Å². The maximum atomic E-state index is 12.9. The number of nitrogens with zero attached hydrogens (tertiary/aromatic N) is 5. The number of benzene rings is 1. The lowest BCUT2D eigenvalue weighted by atomic mass is 10.1. The minimum atomic E-state index is -0.262. The first-order chi connectivity index (χ1) is 14.8. The van der Waals surface area contributed by atoms with Gasteiger partial charge in [0.15, 0.2) is 5.69 Å². The highest BCUT2D eigenvalue weighted by atomic mass is 16.2. The molecule has 7 heteroatoms. The fourth-order valence-electron chi connectivity index (χ4n) is 3.21. The van der Waals surface area contributed by atoms with Gasteiger partial charge in [0.1, 0.15) is 5.69 Å². The molecule has 0 spiro atoms. The van der Waals surface area contributed by atoms with Gasteiger partial charge in [-0.1, -0.05) is 30.3 Å². The Morgan fingerprint density at radius 2 is 1.77 bits per heavy atom. The molecule has 1 N–H and O–H groups in total. The third kappa shape index (κ3) is 4.25.